The number of nitrogens with one attached hydrogen (secondary N) is 2. The number of ether oxygens (including phenoxy) is 2. The van der Waals surface area contributed by atoms with E-state index in [2.05, 4.69) is 16.6 Å². The van der Waals surface area contributed by atoms with E-state index in [1.54, 1.807) is 0 Å². The second kappa shape index (κ2) is 11.9. The van der Waals surface area contributed by atoms with Gasteiger partial charge in [0.1, 0.15) is 12.1 Å². The summed E-state index contributed by atoms with van der Waals surface area (Å²) < 4.78 is 9.65. The van der Waals surface area contributed by atoms with Gasteiger partial charge in [-0.25, -0.2) is 9.59 Å². The Labute approximate surface area is 175 Å². The van der Waals surface area contributed by atoms with Crippen molar-refractivity contribution in [3.63, 3.8) is 0 Å². The molecule has 2 rings (SSSR count). The monoisotopic (exact) mass is 408 g/mol. The minimum atomic E-state index is -0.972. The Balaban J connectivity index is 2.15. The number of carbonyl (C=O) groups is 3. The van der Waals surface area contributed by atoms with Crippen molar-refractivity contribution in [1.29, 1.82) is 0 Å². The smallest absolute Gasteiger partial charge is 0.408 e. The minimum absolute atomic E-state index is 0.205. The molecule has 0 unspecified atom stereocenters. The van der Waals surface area contributed by atoms with Crippen LogP contribution in [0.3, 0.4) is 0 Å². The van der Waals surface area contributed by atoms with Crippen molar-refractivity contribution >= 4 is 18.0 Å². The molecule has 7 heteroatoms. The molecule has 0 aromatic heterocycles. The highest BCUT2D eigenvalue weighted by Crippen LogP contribution is 2.08. The van der Waals surface area contributed by atoms with Gasteiger partial charge in [0.15, 0.2) is 6.61 Å². The van der Waals surface area contributed by atoms with Gasteiger partial charge in [0.2, 0.25) is 5.91 Å². The van der Waals surface area contributed by atoms with E-state index in [-0.39, 0.29) is 19.4 Å². The van der Waals surface area contributed by atoms with Crippen molar-refractivity contribution in [1.82, 2.24) is 10.6 Å². The number of terminal acetylenes is 1. The van der Waals surface area contributed by atoms with Gasteiger partial charge in [-0.2, -0.15) is 0 Å². The number of alkyl carbamates (subject to hydrolysis) is 1. The van der Waals surface area contributed by atoms with Gasteiger partial charge in [-0.05, 0) is 11.1 Å². The average Bonchev–Trinajstić information content (AvgIpc) is 2.77. The zero-order chi connectivity index (χ0) is 21.8. The molecule has 0 aliphatic carbocycles. The molecule has 0 fully saturated rings. The lowest BCUT2D eigenvalue weighted by molar-refractivity contribution is -0.145. The first-order chi connectivity index (χ1) is 14.5. The van der Waals surface area contributed by atoms with E-state index in [1.807, 2.05) is 60.7 Å². The molecule has 0 saturated carbocycles. The highest BCUT2D eigenvalue weighted by atomic mass is 16.5. The summed E-state index contributed by atoms with van der Waals surface area (Å²) in [6.45, 7) is -0.218. The van der Waals surface area contributed by atoms with Gasteiger partial charge >= 0.3 is 12.1 Å². The fourth-order valence-electron chi connectivity index (χ4n) is 2.81. The maximum Gasteiger partial charge on any atom is 0.408 e. The van der Waals surface area contributed by atoms with Crippen LogP contribution in [0.1, 0.15) is 11.1 Å². The molecular formula is C23H24N2O5. The highest BCUT2D eigenvalue weighted by Gasteiger charge is 2.28. The highest BCUT2D eigenvalue weighted by molar-refractivity contribution is 5.90. The Morgan fingerprint density at radius 1 is 0.900 bits per heavy atom. The third kappa shape index (κ3) is 7.32. The molecule has 0 radical (unpaired) electrons. The van der Waals surface area contributed by atoms with Crippen molar-refractivity contribution in [2.24, 2.45) is 0 Å². The molecule has 2 atom stereocenters. The summed E-state index contributed by atoms with van der Waals surface area (Å²) in [5.41, 5.74) is 1.68. The first-order valence-corrected chi connectivity index (χ1v) is 9.36. The molecule has 7 nitrogen and oxygen atoms in total. The number of hydrogen-bond donors (Lipinski definition) is 2. The second-order valence-corrected chi connectivity index (χ2v) is 6.44. The molecule has 2 N–H and O–H groups in total. The Morgan fingerprint density at radius 2 is 1.43 bits per heavy atom. The van der Waals surface area contributed by atoms with Gasteiger partial charge in [0.25, 0.3) is 0 Å². The maximum atomic E-state index is 12.9. The summed E-state index contributed by atoms with van der Waals surface area (Å²) in [6.07, 6.45) is 4.73. The first-order valence-electron chi connectivity index (χ1n) is 9.36. The molecule has 0 bridgehead atoms. The summed E-state index contributed by atoms with van der Waals surface area (Å²) in [4.78, 5) is 37.1. The van der Waals surface area contributed by atoms with Crippen LogP contribution in [0, 0.1) is 12.3 Å². The number of methoxy groups -OCH3 is 1. The third-order valence-corrected chi connectivity index (χ3v) is 4.26. The van der Waals surface area contributed by atoms with Gasteiger partial charge in [0.05, 0.1) is 7.11 Å². The fourth-order valence-corrected chi connectivity index (χ4v) is 2.81. The van der Waals surface area contributed by atoms with Crippen molar-refractivity contribution in [3.05, 3.63) is 71.8 Å². The first kappa shape index (κ1) is 22.5. The molecular weight excluding hydrogens is 384 g/mol. The Morgan fingerprint density at radius 3 is 1.93 bits per heavy atom. The number of rotatable bonds is 9. The molecule has 0 aliphatic rings. The van der Waals surface area contributed by atoms with Crippen LogP contribution in [-0.2, 0) is 31.9 Å². The van der Waals surface area contributed by atoms with Crippen LogP contribution in [0.5, 0.6) is 0 Å². The summed E-state index contributed by atoms with van der Waals surface area (Å²) in [7, 11) is 1.25. The molecule has 2 aromatic carbocycles. The molecule has 30 heavy (non-hydrogen) atoms. The molecule has 0 heterocycles. The van der Waals surface area contributed by atoms with Gasteiger partial charge in [-0.1, -0.05) is 66.6 Å². The molecule has 0 saturated heterocycles. The Kier molecular flexibility index (Phi) is 8.94. The third-order valence-electron chi connectivity index (χ3n) is 4.26. The number of benzene rings is 2. The molecule has 2 amide bonds. The van der Waals surface area contributed by atoms with Crippen LogP contribution in [0.25, 0.3) is 0 Å². The molecule has 2 aromatic rings. The van der Waals surface area contributed by atoms with Crippen LogP contribution >= 0.6 is 0 Å². The molecule has 0 spiro atoms. The van der Waals surface area contributed by atoms with E-state index in [0.717, 1.165) is 11.1 Å². The zero-order valence-electron chi connectivity index (χ0n) is 16.7. The average molecular weight is 408 g/mol. The molecule has 156 valence electrons. The molecule has 0 aliphatic heterocycles. The largest absolute Gasteiger partial charge is 0.467 e. The number of amides is 2. The second-order valence-electron chi connectivity index (χ2n) is 6.44. The zero-order valence-corrected chi connectivity index (χ0v) is 16.7. The lowest BCUT2D eigenvalue weighted by atomic mass is 10.0. The standard InChI is InChI=1S/C23H24N2O5/c1-3-14-30-23(28)25-19(15-17-10-6-4-7-11-17)21(26)24-20(22(27)29-2)16-18-12-8-5-9-13-18/h1,4-13,19-20H,14-16H2,2H3,(H,24,26)(H,25,28)/t19-,20+/m1/s1. The normalized spacial score (nSPS) is 12.0. The number of esters is 1. The van der Waals surface area contributed by atoms with Gasteiger partial charge in [-0.15, -0.1) is 6.42 Å². The van der Waals surface area contributed by atoms with Crippen LogP contribution < -0.4 is 10.6 Å². The van der Waals surface area contributed by atoms with E-state index in [0.29, 0.717) is 0 Å². The van der Waals surface area contributed by atoms with Crippen LogP contribution in [0.4, 0.5) is 4.79 Å². The van der Waals surface area contributed by atoms with Crippen molar-refractivity contribution < 1.29 is 23.9 Å². The van der Waals surface area contributed by atoms with E-state index in [4.69, 9.17) is 15.9 Å². The SMILES string of the molecule is C#CCOC(=O)N[C@H](Cc1ccccc1)C(=O)N[C@@H](Cc1ccccc1)C(=O)OC. The van der Waals surface area contributed by atoms with Crippen molar-refractivity contribution in [2.45, 2.75) is 24.9 Å². The van der Waals surface area contributed by atoms with Crippen molar-refractivity contribution in [3.8, 4) is 12.3 Å². The summed E-state index contributed by atoms with van der Waals surface area (Å²) in [6, 6.07) is 16.5. The van der Waals surface area contributed by atoms with Crippen LogP contribution in [-0.4, -0.2) is 43.8 Å². The Hall–Kier alpha value is -3.79. The van der Waals surface area contributed by atoms with Crippen LogP contribution in [0.15, 0.2) is 60.7 Å². The number of carbonyl (C=O) groups excluding carboxylic acids is 3. The summed E-state index contributed by atoms with van der Waals surface area (Å²) >= 11 is 0. The van der Waals surface area contributed by atoms with Crippen LogP contribution in [0.2, 0.25) is 0 Å². The number of hydrogen-bond acceptors (Lipinski definition) is 5. The topological polar surface area (TPSA) is 93.7 Å². The maximum absolute atomic E-state index is 12.9. The Bertz CT molecular complexity index is 877. The fraction of sp³-hybridized carbons (Fsp3) is 0.261. The predicted octanol–water partition coefficient (Wildman–Crippen LogP) is 1.86. The summed E-state index contributed by atoms with van der Waals surface area (Å²) in [5.74, 6) is 1.07. The van der Waals surface area contributed by atoms with Gasteiger partial charge in [-0.3, -0.25) is 4.79 Å². The lowest BCUT2D eigenvalue weighted by Gasteiger charge is -2.22. The van der Waals surface area contributed by atoms with Crippen molar-refractivity contribution in [2.75, 3.05) is 13.7 Å². The lowest BCUT2D eigenvalue weighted by Crippen LogP contribution is -2.53. The van der Waals surface area contributed by atoms with Gasteiger partial charge in [0, 0.05) is 12.8 Å². The van der Waals surface area contributed by atoms with E-state index >= 15 is 0 Å². The van der Waals surface area contributed by atoms with E-state index in [9.17, 15) is 14.4 Å². The van der Waals surface area contributed by atoms with Gasteiger partial charge < -0.3 is 20.1 Å². The minimum Gasteiger partial charge on any atom is -0.467 e. The van der Waals surface area contributed by atoms with E-state index < -0.39 is 30.1 Å². The quantitative estimate of drug-likeness (QED) is 0.488. The summed E-state index contributed by atoms with van der Waals surface area (Å²) in [5, 5.41) is 5.18. The predicted molar refractivity (Wildman–Crippen MR) is 111 cm³/mol. The van der Waals surface area contributed by atoms with E-state index in [1.165, 1.54) is 7.11 Å².